The highest BCUT2D eigenvalue weighted by atomic mass is 32.2. The Morgan fingerprint density at radius 3 is 2.46 bits per heavy atom. The number of hydrogen-bond donors (Lipinski definition) is 1. The number of ketones is 1. The number of carbonyl (C=O) groups is 1. The monoisotopic (exact) mass is 561 g/mol. The molecule has 1 aromatic carbocycles. The van der Waals surface area contributed by atoms with E-state index in [9.17, 15) is 26.4 Å². The van der Waals surface area contributed by atoms with Crippen LogP contribution in [0, 0.1) is 23.4 Å². The Hall–Kier alpha value is -3.15. The number of ether oxygens (including phenoxy) is 1. The minimum Gasteiger partial charge on any atom is -0.375 e. The molecule has 39 heavy (non-hydrogen) atoms. The molecule has 0 amide bonds. The fourth-order valence-electron chi connectivity index (χ4n) is 5.19. The molecule has 0 spiro atoms. The highest BCUT2D eigenvalue weighted by Gasteiger charge is 2.36. The minimum absolute atomic E-state index is 0.000179. The maximum absolute atomic E-state index is 14.5. The number of halogens is 3. The summed E-state index contributed by atoms with van der Waals surface area (Å²) in [4.78, 5) is 21.3. The van der Waals surface area contributed by atoms with E-state index >= 15 is 0 Å². The fourth-order valence-corrected chi connectivity index (χ4v) is 5.58. The predicted molar refractivity (Wildman–Crippen MR) is 140 cm³/mol. The average Bonchev–Trinajstić information content (AvgIpc) is 2.86. The van der Waals surface area contributed by atoms with Crippen LogP contribution < -0.4 is 5.73 Å². The molecule has 2 heterocycles. The van der Waals surface area contributed by atoms with Crippen LogP contribution in [0.5, 0.6) is 0 Å². The third-order valence-corrected chi connectivity index (χ3v) is 7.93. The van der Waals surface area contributed by atoms with Gasteiger partial charge >= 0.3 is 0 Å². The van der Waals surface area contributed by atoms with Crippen molar-refractivity contribution >= 4 is 15.6 Å². The topological polar surface area (TPSA) is 112 Å². The van der Waals surface area contributed by atoms with Gasteiger partial charge < -0.3 is 10.5 Å². The largest absolute Gasteiger partial charge is 0.375 e. The lowest BCUT2D eigenvalue weighted by atomic mass is 9.73. The number of aromatic nitrogens is 2. The van der Waals surface area contributed by atoms with Crippen LogP contribution in [-0.2, 0) is 21.0 Å². The van der Waals surface area contributed by atoms with Gasteiger partial charge in [0.2, 0.25) is 0 Å². The second-order valence-electron chi connectivity index (χ2n) is 10.1. The van der Waals surface area contributed by atoms with E-state index in [1.54, 1.807) is 12.4 Å². The lowest BCUT2D eigenvalue weighted by Gasteiger charge is -2.39. The zero-order chi connectivity index (χ0) is 28.3. The summed E-state index contributed by atoms with van der Waals surface area (Å²) in [7, 11) is -3.15. The summed E-state index contributed by atoms with van der Waals surface area (Å²) in [6.45, 7) is 2.07. The summed E-state index contributed by atoms with van der Waals surface area (Å²) < 4.78 is 71.8. The summed E-state index contributed by atoms with van der Waals surface area (Å²) in [5.74, 6) is -3.42. The molecular weight excluding hydrogens is 531 g/mol. The van der Waals surface area contributed by atoms with Crippen molar-refractivity contribution < 1.29 is 31.1 Å². The van der Waals surface area contributed by atoms with Crippen molar-refractivity contribution in [2.24, 2.45) is 11.7 Å². The van der Waals surface area contributed by atoms with Gasteiger partial charge in [0.1, 0.15) is 38.7 Å². The first-order valence-electron chi connectivity index (χ1n) is 12.6. The average molecular weight is 562 g/mol. The number of nitrogens with two attached hydrogens (primary N) is 1. The first-order valence-corrected chi connectivity index (χ1v) is 14.6. The second-order valence-corrected chi connectivity index (χ2v) is 12.3. The summed E-state index contributed by atoms with van der Waals surface area (Å²) in [6.07, 6.45) is 5.23. The van der Waals surface area contributed by atoms with Crippen LogP contribution >= 0.6 is 0 Å². The maximum Gasteiger partial charge on any atom is 0.185 e. The number of nitrogens with zero attached hydrogens (tertiary/aromatic N) is 2. The minimum atomic E-state index is -3.15. The van der Waals surface area contributed by atoms with Crippen LogP contribution in [0.25, 0.3) is 11.3 Å². The molecular formula is C28H30F3N3O4S. The van der Waals surface area contributed by atoms with E-state index in [0.717, 1.165) is 36.1 Å². The van der Waals surface area contributed by atoms with Crippen LogP contribution in [0.1, 0.15) is 47.3 Å². The van der Waals surface area contributed by atoms with Gasteiger partial charge in [-0.25, -0.2) is 26.6 Å². The maximum atomic E-state index is 14.5. The first-order chi connectivity index (χ1) is 18.4. The lowest BCUT2D eigenvalue weighted by molar-refractivity contribution is -0.0154. The van der Waals surface area contributed by atoms with Crippen LogP contribution in [0.3, 0.4) is 0 Å². The molecule has 2 N–H and O–H groups in total. The van der Waals surface area contributed by atoms with Crippen molar-refractivity contribution in [3.8, 4) is 11.3 Å². The van der Waals surface area contributed by atoms with Crippen LogP contribution in [-0.4, -0.2) is 54.9 Å². The predicted octanol–water partition coefficient (Wildman–Crippen LogP) is 4.26. The number of carbonyl (C=O) groups excluding carboxylic acids is 1. The van der Waals surface area contributed by atoms with E-state index in [-0.39, 0.29) is 48.5 Å². The molecule has 1 fully saturated rings. The quantitative estimate of drug-likeness (QED) is 0.389. The van der Waals surface area contributed by atoms with E-state index in [4.69, 9.17) is 10.5 Å². The SMILES string of the molecule is C[C@@H]1C[C@H](c2ccncc2CC(=O)c2ccc(F)c(-c3c(F)cccc3F)n2)C[C@H](N)[C@@H]1OCCS(C)(=O)=O. The Bertz CT molecular complexity index is 1440. The molecule has 3 aromatic rings. The summed E-state index contributed by atoms with van der Waals surface area (Å²) in [5, 5.41) is 0. The number of sulfone groups is 1. The van der Waals surface area contributed by atoms with E-state index in [0.29, 0.717) is 18.4 Å². The third kappa shape index (κ3) is 6.90. The van der Waals surface area contributed by atoms with Gasteiger partial charge in [-0.3, -0.25) is 9.78 Å². The standard InChI is InChI=1S/C28H30F3N3O4S/c1-16-12-17(13-23(32)28(16)38-10-11-39(2,36)37)19-8-9-33-15-18(19)14-25(35)24-7-6-22(31)27(34-24)26-20(29)4-3-5-21(26)30/h3-9,15-17,23,28H,10-14,32H2,1-2H3/t16-,17+,23+,28-/m1/s1. The van der Waals surface area contributed by atoms with E-state index in [1.165, 1.54) is 6.07 Å². The van der Waals surface area contributed by atoms with Gasteiger partial charge in [-0.05, 0) is 66.1 Å². The number of benzene rings is 1. The van der Waals surface area contributed by atoms with Gasteiger partial charge in [0.05, 0.1) is 24.0 Å². The molecule has 208 valence electrons. The van der Waals surface area contributed by atoms with Crippen molar-refractivity contribution in [1.82, 2.24) is 9.97 Å². The Morgan fingerprint density at radius 2 is 1.79 bits per heavy atom. The number of Topliss-reactive ketones (excluding diaryl/α,β-unsaturated/α-hetero) is 1. The van der Waals surface area contributed by atoms with Crippen LogP contribution in [0.2, 0.25) is 0 Å². The molecule has 0 bridgehead atoms. The molecule has 1 saturated carbocycles. The summed E-state index contributed by atoms with van der Waals surface area (Å²) in [6, 6.07) is 6.79. The van der Waals surface area contributed by atoms with Crippen molar-refractivity contribution in [3.63, 3.8) is 0 Å². The van der Waals surface area contributed by atoms with E-state index in [1.807, 2.05) is 13.0 Å². The molecule has 11 heteroatoms. The smallest absolute Gasteiger partial charge is 0.185 e. The highest BCUT2D eigenvalue weighted by molar-refractivity contribution is 7.90. The normalized spacial score (nSPS) is 21.6. The Labute approximate surface area is 225 Å². The second kappa shape index (κ2) is 11.9. The molecule has 2 aromatic heterocycles. The van der Waals surface area contributed by atoms with Gasteiger partial charge in [-0.15, -0.1) is 0 Å². The first kappa shape index (κ1) is 28.8. The number of hydrogen-bond acceptors (Lipinski definition) is 7. The molecule has 0 aliphatic heterocycles. The number of pyridine rings is 2. The van der Waals surface area contributed by atoms with E-state index < -0.39 is 44.3 Å². The van der Waals surface area contributed by atoms with Crippen molar-refractivity contribution in [2.75, 3.05) is 18.6 Å². The Morgan fingerprint density at radius 1 is 1.08 bits per heavy atom. The molecule has 4 atom stereocenters. The molecule has 7 nitrogen and oxygen atoms in total. The Balaban J connectivity index is 1.52. The van der Waals surface area contributed by atoms with Crippen molar-refractivity contribution in [1.29, 1.82) is 0 Å². The van der Waals surface area contributed by atoms with Gasteiger partial charge in [0, 0.05) is 31.1 Å². The van der Waals surface area contributed by atoms with Gasteiger partial charge in [0.25, 0.3) is 0 Å². The molecule has 0 saturated heterocycles. The molecule has 0 unspecified atom stereocenters. The zero-order valence-corrected chi connectivity index (χ0v) is 22.4. The van der Waals surface area contributed by atoms with E-state index in [2.05, 4.69) is 9.97 Å². The van der Waals surface area contributed by atoms with Gasteiger partial charge in [0.15, 0.2) is 5.78 Å². The molecule has 0 radical (unpaired) electrons. The number of rotatable bonds is 9. The molecule has 1 aliphatic rings. The lowest BCUT2D eigenvalue weighted by Crippen LogP contribution is -2.47. The zero-order valence-electron chi connectivity index (χ0n) is 21.6. The van der Waals surface area contributed by atoms with Crippen molar-refractivity contribution in [2.45, 2.75) is 44.2 Å². The van der Waals surface area contributed by atoms with Crippen LogP contribution in [0.15, 0.2) is 48.8 Å². The summed E-state index contributed by atoms with van der Waals surface area (Å²) in [5.41, 5.74) is 6.63. The molecule has 4 rings (SSSR count). The highest BCUT2D eigenvalue weighted by Crippen LogP contribution is 2.38. The van der Waals surface area contributed by atoms with Crippen molar-refractivity contribution in [3.05, 3.63) is 83.1 Å². The Kier molecular flexibility index (Phi) is 8.83. The fraction of sp³-hybridized carbons (Fsp3) is 0.393. The molecule has 1 aliphatic carbocycles. The van der Waals surface area contributed by atoms with Crippen LogP contribution in [0.4, 0.5) is 13.2 Å². The van der Waals surface area contributed by atoms with Gasteiger partial charge in [-0.2, -0.15) is 0 Å². The van der Waals surface area contributed by atoms with Gasteiger partial charge in [-0.1, -0.05) is 13.0 Å². The summed E-state index contributed by atoms with van der Waals surface area (Å²) >= 11 is 0. The third-order valence-electron chi connectivity index (χ3n) is 7.02.